The Morgan fingerprint density at radius 3 is 2.88 bits per heavy atom. The maximum absolute atomic E-state index is 5.82. The number of hydrogen-bond acceptors (Lipinski definition) is 6. The monoisotopic (exact) mass is 353 g/mol. The van der Waals surface area contributed by atoms with Crippen molar-refractivity contribution < 1.29 is 9.15 Å². The Hall–Kier alpha value is -2.31. The molecule has 2 aromatic heterocycles. The summed E-state index contributed by atoms with van der Waals surface area (Å²) in [5.74, 6) is 2.63. The molecule has 5 nitrogen and oxygen atoms in total. The molecule has 0 spiro atoms. The zero-order valence-electron chi connectivity index (χ0n) is 13.7. The minimum absolute atomic E-state index is 0.0637. The quantitative estimate of drug-likeness (QED) is 0.648. The minimum atomic E-state index is -0.0637. The molecule has 4 rings (SSSR count). The molecule has 3 aromatic rings. The highest BCUT2D eigenvalue weighted by atomic mass is 32.2. The molecule has 0 aliphatic carbocycles. The Bertz CT molecular complexity index is 795. The normalized spacial score (nSPS) is 17.6. The number of nitrogens with zero attached hydrogens (tertiary/aromatic N) is 3. The van der Waals surface area contributed by atoms with Gasteiger partial charge in [0, 0.05) is 12.3 Å². The van der Waals surface area contributed by atoms with Crippen molar-refractivity contribution >= 4 is 17.6 Å². The van der Waals surface area contributed by atoms with E-state index in [0.29, 0.717) is 6.61 Å². The summed E-state index contributed by atoms with van der Waals surface area (Å²) in [7, 11) is 0. The fraction of sp³-hybridized carbons (Fsp3) is 0.263. The first-order chi connectivity index (χ1) is 12.4. The van der Waals surface area contributed by atoms with E-state index in [1.807, 2.05) is 30.6 Å². The second-order valence-corrected chi connectivity index (χ2v) is 6.81. The van der Waals surface area contributed by atoms with Crippen LogP contribution in [0.4, 0.5) is 5.82 Å². The largest absolute Gasteiger partial charge is 0.467 e. The number of hydrogen-bond donors (Lipinski definition) is 0. The van der Waals surface area contributed by atoms with Crippen LogP contribution in [-0.4, -0.2) is 29.7 Å². The van der Waals surface area contributed by atoms with E-state index in [1.165, 1.54) is 5.56 Å². The van der Waals surface area contributed by atoms with E-state index in [2.05, 4.69) is 34.1 Å². The van der Waals surface area contributed by atoms with Gasteiger partial charge in [-0.2, -0.15) is 0 Å². The number of furan rings is 1. The first-order valence-electron chi connectivity index (χ1n) is 8.27. The van der Waals surface area contributed by atoms with E-state index in [0.717, 1.165) is 35.4 Å². The lowest BCUT2D eigenvalue weighted by Crippen LogP contribution is -2.38. The van der Waals surface area contributed by atoms with Gasteiger partial charge in [0.2, 0.25) is 0 Å². The number of thioether (sulfide) groups is 1. The van der Waals surface area contributed by atoms with Crippen LogP contribution in [0.2, 0.25) is 0 Å². The molecule has 25 heavy (non-hydrogen) atoms. The summed E-state index contributed by atoms with van der Waals surface area (Å²) >= 11 is 1.70. The van der Waals surface area contributed by atoms with Gasteiger partial charge in [-0.05, 0) is 17.7 Å². The summed E-state index contributed by atoms with van der Waals surface area (Å²) < 4.78 is 11.3. The van der Waals surface area contributed by atoms with Crippen molar-refractivity contribution in [1.29, 1.82) is 0 Å². The Balaban J connectivity index is 1.43. The van der Waals surface area contributed by atoms with Gasteiger partial charge in [0.25, 0.3) is 0 Å². The van der Waals surface area contributed by atoms with Gasteiger partial charge >= 0.3 is 0 Å². The molecule has 1 aromatic carbocycles. The molecular formula is C19H19N3O2S. The standard InChI is InChI=1S/C19H19N3O2S/c1-2-5-15(6-3-1)14-25-19-12-20-11-18(21-19)22-8-10-24-17(13-22)16-7-4-9-23-16/h1-7,9,11-12,17H,8,10,13-14H2. The molecular weight excluding hydrogens is 334 g/mol. The highest BCUT2D eigenvalue weighted by molar-refractivity contribution is 7.98. The van der Waals surface area contributed by atoms with Crippen molar-refractivity contribution in [1.82, 2.24) is 9.97 Å². The fourth-order valence-electron chi connectivity index (χ4n) is 2.80. The van der Waals surface area contributed by atoms with E-state index in [4.69, 9.17) is 14.1 Å². The molecule has 1 saturated heterocycles. The molecule has 1 atom stereocenters. The lowest BCUT2D eigenvalue weighted by molar-refractivity contribution is 0.0254. The summed E-state index contributed by atoms with van der Waals surface area (Å²) in [6, 6.07) is 14.2. The highest BCUT2D eigenvalue weighted by Gasteiger charge is 2.25. The Kier molecular flexibility index (Phi) is 4.99. The van der Waals surface area contributed by atoms with Crippen LogP contribution in [0.5, 0.6) is 0 Å². The number of rotatable bonds is 5. The molecule has 1 aliphatic heterocycles. The van der Waals surface area contributed by atoms with E-state index >= 15 is 0 Å². The van der Waals surface area contributed by atoms with Crippen LogP contribution < -0.4 is 4.90 Å². The van der Waals surface area contributed by atoms with E-state index in [1.54, 1.807) is 18.0 Å². The molecule has 0 N–H and O–H groups in total. The van der Waals surface area contributed by atoms with Crippen LogP contribution in [0.15, 0.2) is 70.6 Å². The van der Waals surface area contributed by atoms with Crippen LogP contribution in [0.1, 0.15) is 17.4 Å². The predicted molar refractivity (Wildman–Crippen MR) is 97.6 cm³/mol. The average Bonchev–Trinajstić information content (AvgIpc) is 3.22. The maximum atomic E-state index is 5.82. The third-order valence-corrected chi connectivity index (χ3v) is 5.05. The minimum Gasteiger partial charge on any atom is -0.467 e. The van der Waals surface area contributed by atoms with Crippen LogP contribution in [0, 0.1) is 0 Å². The van der Waals surface area contributed by atoms with Gasteiger partial charge in [-0.3, -0.25) is 4.98 Å². The number of ether oxygens (including phenoxy) is 1. The number of aromatic nitrogens is 2. The third kappa shape index (κ3) is 4.03. The first kappa shape index (κ1) is 16.2. The van der Waals surface area contributed by atoms with E-state index in [9.17, 15) is 0 Å². The van der Waals surface area contributed by atoms with Crippen molar-refractivity contribution in [3.63, 3.8) is 0 Å². The van der Waals surface area contributed by atoms with E-state index in [-0.39, 0.29) is 6.10 Å². The molecule has 0 radical (unpaired) electrons. The predicted octanol–water partition coefficient (Wildman–Crippen LogP) is 3.94. The zero-order chi connectivity index (χ0) is 16.9. The average molecular weight is 353 g/mol. The van der Waals surface area contributed by atoms with Gasteiger partial charge < -0.3 is 14.1 Å². The van der Waals surface area contributed by atoms with Crippen molar-refractivity contribution in [3.8, 4) is 0 Å². The number of morpholine rings is 1. The Morgan fingerprint density at radius 1 is 1.12 bits per heavy atom. The third-order valence-electron chi connectivity index (χ3n) is 4.08. The summed E-state index contributed by atoms with van der Waals surface area (Å²) in [6.45, 7) is 2.17. The summed E-state index contributed by atoms with van der Waals surface area (Å²) in [5.41, 5.74) is 1.28. The van der Waals surface area contributed by atoms with Crippen molar-refractivity contribution in [2.45, 2.75) is 16.9 Å². The summed E-state index contributed by atoms with van der Waals surface area (Å²) in [4.78, 5) is 11.3. The lowest BCUT2D eigenvalue weighted by atomic mass is 10.2. The smallest absolute Gasteiger partial charge is 0.148 e. The van der Waals surface area contributed by atoms with Crippen LogP contribution in [-0.2, 0) is 10.5 Å². The number of benzene rings is 1. The molecule has 0 amide bonds. The van der Waals surface area contributed by atoms with Gasteiger partial charge in [-0.15, -0.1) is 11.8 Å². The molecule has 0 bridgehead atoms. The van der Waals surface area contributed by atoms with E-state index < -0.39 is 0 Å². The second-order valence-electron chi connectivity index (χ2n) is 5.81. The summed E-state index contributed by atoms with van der Waals surface area (Å²) in [6.07, 6.45) is 5.25. The molecule has 1 fully saturated rings. The zero-order valence-corrected chi connectivity index (χ0v) is 14.6. The van der Waals surface area contributed by atoms with Gasteiger partial charge in [-0.1, -0.05) is 30.3 Å². The molecule has 6 heteroatoms. The first-order valence-corrected chi connectivity index (χ1v) is 9.26. The SMILES string of the molecule is c1ccc(CSc2cncc(N3CCOC(c4ccco4)C3)n2)cc1. The molecule has 1 unspecified atom stereocenters. The lowest BCUT2D eigenvalue weighted by Gasteiger charge is -2.32. The van der Waals surface area contributed by atoms with Gasteiger partial charge in [0.1, 0.15) is 22.7 Å². The Labute approximate surface area is 151 Å². The molecule has 3 heterocycles. The summed E-state index contributed by atoms with van der Waals surface area (Å²) in [5, 5.41) is 0.933. The fourth-order valence-corrected chi connectivity index (χ4v) is 3.60. The van der Waals surface area contributed by atoms with Crippen molar-refractivity contribution in [2.75, 3.05) is 24.6 Å². The van der Waals surface area contributed by atoms with Crippen LogP contribution >= 0.6 is 11.8 Å². The molecule has 0 saturated carbocycles. The molecule has 1 aliphatic rings. The van der Waals surface area contributed by atoms with Crippen molar-refractivity contribution in [3.05, 3.63) is 72.4 Å². The maximum Gasteiger partial charge on any atom is 0.148 e. The topological polar surface area (TPSA) is 51.4 Å². The number of anilines is 1. The second kappa shape index (κ2) is 7.72. The van der Waals surface area contributed by atoms with Crippen molar-refractivity contribution in [2.24, 2.45) is 0 Å². The highest BCUT2D eigenvalue weighted by Crippen LogP contribution is 2.27. The molecule has 128 valence electrons. The van der Waals surface area contributed by atoms with Crippen LogP contribution in [0.25, 0.3) is 0 Å². The van der Waals surface area contributed by atoms with Crippen LogP contribution in [0.3, 0.4) is 0 Å². The van der Waals surface area contributed by atoms with Gasteiger partial charge in [0.15, 0.2) is 0 Å². The Morgan fingerprint density at radius 2 is 2.04 bits per heavy atom. The van der Waals surface area contributed by atoms with Gasteiger partial charge in [-0.25, -0.2) is 4.98 Å². The van der Waals surface area contributed by atoms with Gasteiger partial charge in [0.05, 0.1) is 31.8 Å².